The molecule has 6 heavy (non-hydrogen) atoms. The van der Waals surface area contributed by atoms with E-state index in [2.05, 4.69) is 4.52 Å². The predicted molar refractivity (Wildman–Crippen MR) is 26.9 cm³/mol. The minimum atomic E-state index is -2.10. The fraction of sp³-hybridized carbons (Fsp3) is 1.00. The van der Waals surface area contributed by atoms with E-state index in [1.165, 1.54) is 7.11 Å². The van der Waals surface area contributed by atoms with Crippen molar-refractivity contribution >= 4 is 46.3 Å². The Morgan fingerprint density at radius 3 is 1.67 bits per heavy atom. The van der Waals surface area contributed by atoms with Gasteiger partial charge in [-0.05, 0) is 0 Å². The molecule has 0 heterocycles. The van der Waals surface area contributed by atoms with Crippen LogP contribution in [0.15, 0.2) is 0 Å². The first-order valence-electron chi connectivity index (χ1n) is 0.991. The SMILES string of the molecule is COP(O)O.[CaH2]. The Hall–Kier alpha value is 1.57. The van der Waals surface area contributed by atoms with Gasteiger partial charge in [0.05, 0.1) is 0 Å². The monoisotopic (exact) mass is 138 g/mol. The summed E-state index contributed by atoms with van der Waals surface area (Å²) >= 11 is 0. The quantitative estimate of drug-likeness (QED) is 0.358. The molecule has 0 aliphatic carbocycles. The van der Waals surface area contributed by atoms with Gasteiger partial charge < -0.3 is 14.3 Å². The average molecular weight is 138 g/mol. The van der Waals surface area contributed by atoms with Crippen molar-refractivity contribution in [1.29, 1.82) is 0 Å². The summed E-state index contributed by atoms with van der Waals surface area (Å²) in [5.41, 5.74) is 0. The molecule has 0 bridgehead atoms. The van der Waals surface area contributed by atoms with Gasteiger partial charge in [-0.25, -0.2) is 0 Å². The molecule has 5 heteroatoms. The number of hydrogen-bond donors (Lipinski definition) is 2. The maximum absolute atomic E-state index is 7.76. The molecule has 0 aromatic heterocycles. The molecule has 0 unspecified atom stereocenters. The zero-order valence-electron chi connectivity index (χ0n) is 2.75. The second-order valence-corrected chi connectivity index (χ2v) is 1.31. The van der Waals surface area contributed by atoms with E-state index in [9.17, 15) is 0 Å². The average Bonchev–Trinajstić information content (AvgIpc) is 1.38. The number of rotatable bonds is 1. The maximum atomic E-state index is 7.76. The third-order valence-corrected chi connectivity index (χ3v) is 0.490. The fourth-order valence-corrected chi connectivity index (χ4v) is 0. The summed E-state index contributed by atoms with van der Waals surface area (Å²) in [6.45, 7) is 0. The van der Waals surface area contributed by atoms with Crippen LogP contribution in [0.1, 0.15) is 0 Å². The van der Waals surface area contributed by atoms with Crippen LogP contribution in [0, 0.1) is 0 Å². The molecule has 0 aliphatic rings. The van der Waals surface area contributed by atoms with E-state index < -0.39 is 8.60 Å². The Kier molecular flexibility index (Phi) is 11.5. The predicted octanol–water partition coefficient (Wildman–Crippen LogP) is -1.07. The van der Waals surface area contributed by atoms with Gasteiger partial charge in [0, 0.05) is 7.11 Å². The van der Waals surface area contributed by atoms with Gasteiger partial charge in [-0.15, -0.1) is 0 Å². The molecule has 0 saturated heterocycles. The van der Waals surface area contributed by atoms with Crippen molar-refractivity contribution in [1.82, 2.24) is 0 Å². The van der Waals surface area contributed by atoms with Gasteiger partial charge in [0.2, 0.25) is 0 Å². The summed E-state index contributed by atoms with van der Waals surface area (Å²) in [6, 6.07) is 0. The summed E-state index contributed by atoms with van der Waals surface area (Å²) in [4.78, 5) is 15.5. The van der Waals surface area contributed by atoms with Crippen molar-refractivity contribution in [2.45, 2.75) is 0 Å². The first kappa shape index (κ1) is 10.5. The normalized spacial score (nSPS) is 8.00. The molecule has 0 atom stereocenters. The molecule has 0 rings (SSSR count). The van der Waals surface area contributed by atoms with E-state index in [0.717, 1.165) is 0 Å². The molecule has 3 nitrogen and oxygen atoms in total. The molecule has 0 aromatic carbocycles. The fourth-order valence-electron chi connectivity index (χ4n) is 0. The van der Waals surface area contributed by atoms with Crippen molar-refractivity contribution < 1.29 is 14.3 Å². The van der Waals surface area contributed by atoms with Gasteiger partial charge in [-0.1, -0.05) is 0 Å². The van der Waals surface area contributed by atoms with Crippen molar-refractivity contribution in [2.75, 3.05) is 7.11 Å². The summed E-state index contributed by atoms with van der Waals surface area (Å²) in [6.07, 6.45) is 0. The third-order valence-electron chi connectivity index (χ3n) is 0.163. The van der Waals surface area contributed by atoms with Crippen LogP contribution in [0.25, 0.3) is 0 Å². The molecule has 0 saturated carbocycles. The van der Waals surface area contributed by atoms with Crippen LogP contribution >= 0.6 is 8.60 Å². The topological polar surface area (TPSA) is 49.7 Å². The molecule has 0 spiro atoms. The Balaban J connectivity index is 0. The van der Waals surface area contributed by atoms with Crippen LogP contribution in [0.4, 0.5) is 0 Å². The molecular formula is CH7CaO3P. The Morgan fingerprint density at radius 2 is 1.67 bits per heavy atom. The third kappa shape index (κ3) is 9.13. The van der Waals surface area contributed by atoms with Gasteiger partial charge >= 0.3 is 46.3 Å². The Labute approximate surface area is 67.3 Å². The van der Waals surface area contributed by atoms with Gasteiger partial charge in [-0.2, -0.15) is 0 Å². The van der Waals surface area contributed by atoms with E-state index >= 15 is 0 Å². The van der Waals surface area contributed by atoms with Crippen LogP contribution < -0.4 is 0 Å². The summed E-state index contributed by atoms with van der Waals surface area (Å²) in [5.74, 6) is 0. The van der Waals surface area contributed by atoms with Gasteiger partial charge in [-0.3, -0.25) is 0 Å². The van der Waals surface area contributed by atoms with Crippen LogP contribution in [0.2, 0.25) is 0 Å². The van der Waals surface area contributed by atoms with E-state index in [0.29, 0.717) is 0 Å². The minimum absolute atomic E-state index is 0. The standard InChI is InChI=1S/CH5O3P.Ca.2H/c1-4-5(2)3;;;/h2-3H,1H3;;;. The van der Waals surface area contributed by atoms with Crippen molar-refractivity contribution in [3.63, 3.8) is 0 Å². The second kappa shape index (κ2) is 6.57. The van der Waals surface area contributed by atoms with E-state index in [1.54, 1.807) is 0 Å². The first-order valence-corrected chi connectivity index (χ1v) is 2.16. The Morgan fingerprint density at radius 1 is 1.50 bits per heavy atom. The zero-order chi connectivity index (χ0) is 4.28. The van der Waals surface area contributed by atoms with Crippen LogP contribution in [0.3, 0.4) is 0 Å². The summed E-state index contributed by atoms with van der Waals surface area (Å²) in [7, 11) is -0.870. The summed E-state index contributed by atoms with van der Waals surface area (Å²) in [5, 5.41) is 0. The molecule has 0 amide bonds. The van der Waals surface area contributed by atoms with Gasteiger partial charge in [0.25, 0.3) is 0 Å². The van der Waals surface area contributed by atoms with E-state index in [1.807, 2.05) is 0 Å². The second-order valence-electron chi connectivity index (χ2n) is 0.435. The van der Waals surface area contributed by atoms with Crippen LogP contribution in [-0.4, -0.2) is 54.6 Å². The summed E-state index contributed by atoms with van der Waals surface area (Å²) < 4.78 is 3.93. The molecular weight excluding hydrogens is 131 g/mol. The molecule has 0 aliphatic heterocycles. The Bertz CT molecular complexity index is 24.8. The first-order chi connectivity index (χ1) is 2.27. The zero-order valence-corrected chi connectivity index (χ0v) is 3.64. The van der Waals surface area contributed by atoms with E-state index in [-0.39, 0.29) is 37.7 Å². The molecule has 0 aromatic rings. The van der Waals surface area contributed by atoms with Crippen LogP contribution in [-0.2, 0) is 4.52 Å². The van der Waals surface area contributed by atoms with Gasteiger partial charge in [0.15, 0.2) is 0 Å². The number of hydrogen-bond acceptors (Lipinski definition) is 3. The van der Waals surface area contributed by atoms with Gasteiger partial charge in [0.1, 0.15) is 0 Å². The van der Waals surface area contributed by atoms with Crippen LogP contribution in [0.5, 0.6) is 0 Å². The van der Waals surface area contributed by atoms with E-state index in [4.69, 9.17) is 9.79 Å². The molecule has 0 fully saturated rings. The molecule has 36 valence electrons. The van der Waals surface area contributed by atoms with Crippen molar-refractivity contribution in [3.05, 3.63) is 0 Å². The van der Waals surface area contributed by atoms with Crippen molar-refractivity contribution in [2.24, 2.45) is 0 Å². The molecule has 2 N–H and O–H groups in total. The van der Waals surface area contributed by atoms with Crippen molar-refractivity contribution in [3.8, 4) is 0 Å². The molecule has 0 radical (unpaired) electrons.